The van der Waals surface area contributed by atoms with Crippen LogP contribution < -0.4 is 5.32 Å². The molecule has 1 spiro atoms. The molecular formula is C16H18N4OS. The van der Waals surface area contributed by atoms with Crippen molar-refractivity contribution in [1.82, 2.24) is 15.2 Å². The Bertz CT molecular complexity index is 650. The maximum Gasteiger partial charge on any atom is 0.240 e. The van der Waals surface area contributed by atoms with E-state index in [0.29, 0.717) is 16.8 Å². The van der Waals surface area contributed by atoms with E-state index in [9.17, 15) is 4.79 Å². The van der Waals surface area contributed by atoms with Crippen LogP contribution in [0.5, 0.6) is 0 Å². The Hall–Kier alpha value is -1.58. The van der Waals surface area contributed by atoms with Gasteiger partial charge in [0.05, 0.1) is 21.7 Å². The van der Waals surface area contributed by atoms with E-state index in [1.165, 1.54) is 0 Å². The SMILES string of the molecule is N#Cc1cncc([C@@H]2CC[C@H]3SC4(CCNCC4)C(=O)N32)c1. The van der Waals surface area contributed by atoms with Crippen molar-refractivity contribution in [3.8, 4) is 6.07 Å². The first kappa shape index (κ1) is 14.0. The molecule has 0 aromatic carbocycles. The number of rotatable bonds is 1. The average Bonchev–Trinajstić information content (AvgIpc) is 3.08. The second kappa shape index (κ2) is 5.25. The molecule has 1 aromatic heterocycles. The van der Waals surface area contributed by atoms with Gasteiger partial charge in [-0.25, -0.2) is 0 Å². The average molecular weight is 314 g/mol. The fourth-order valence-corrected chi connectivity index (χ4v) is 5.68. The number of thioether (sulfide) groups is 1. The van der Waals surface area contributed by atoms with Crippen LogP contribution >= 0.6 is 11.8 Å². The largest absolute Gasteiger partial charge is 0.322 e. The monoisotopic (exact) mass is 314 g/mol. The molecule has 4 rings (SSSR count). The van der Waals surface area contributed by atoms with E-state index >= 15 is 0 Å². The van der Waals surface area contributed by atoms with Crippen LogP contribution in [0.15, 0.2) is 18.5 Å². The number of aromatic nitrogens is 1. The fraction of sp³-hybridized carbons (Fsp3) is 0.562. The molecule has 3 fully saturated rings. The minimum Gasteiger partial charge on any atom is -0.322 e. The van der Waals surface area contributed by atoms with Gasteiger partial charge in [0, 0.05) is 12.4 Å². The first-order valence-electron chi connectivity index (χ1n) is 7.80. The van der Waals surface area contributed by atoms with Crippen molar-refractivity contribution in [2.75, 3.05) is 13.1 Å². The highest BCUT2D eigenvalue weighted by atomic mass is 32.2. The molecule has 5 nitrogen and oxygen atoms in total. The van der Waals surface area contributed by atoms with Gasteiger partial charge in [0.1, 0.15) is 6.07 Å². The van der Waals surface area contributed by atoms with E-state index in [0.717, 1.165) is 44.3 Å². The van der Waals surface area contributed by atoms with Gasteiger partial charge in [0.25, 0.3) is 0 Å². The lowest BCUT2D eigenvalue weighted by molar-refractivity contribution is -0.134. The molecule has 3 aliphatic rings. The molecule has 1 aromatic rings. The minimum absolute atomic E-state index is 0.0834. The molecular weight excluding hydrogens is 296 g/mol. The third-order valence-electron chi connectivity index (χ3n) is 5.00. The third kappa shape index (κ3) is 2.03. The number of hydrogen-bond acceptors (Lipinski definition) is 5. The maximum atomic E-state index is 13.1. The molecule has 6 heteroatoms. The zero-order valence-corrected chi connectivity index (χ0v) is 13.1. The highest BCUT2D eigenvalue weighted by Crippen LogP contribution is 2.54. The molecule has 0 radical (unpaired) electrons. The van der Waals surface area contributed by atoms with E-state index in [2.05, 4.69) is 21.3 Å². The Labute approximate surface area is 134 Å². The highest BCUT2D eigenvalue weighted by molar-refractivity contribution is 8.02. The lowest BCUT2D eigenvalue weighted by Crippen LogP contribution is -2.46. The van der Waals surface area contributed by atoms with Gasteiger partial charge < -0.3 is 10.2 Å². The summed E-state index contributed by atoms with van der Waals surface area (Å²) in [6, 6.07) is 4.10. The molecule has 4 heterocycles. The van der Waals surface area contributed by atoms with E-state index in [1.54, 1.807) is 12.4 Å². The van der Waals surface area contributed by atoms with Crippen molar-refractivity contribution in [2.45, 2.75) is 41.8 Å². The molecule has 0 bridgehead atoms. The van der Waals surface area contributed by atoms with Crippen LogP contribution in [0.4, 0.5) is 0 Å². The topological polar surface area (TPSA) is 69.0 Å². The molecule has 3 aliphatic heterocycles. The van der Waals surface area contributed by atoms with Crippen molar-refractivity contribution in [3.05, 3.63) is 29.6 Å². The lowest BCUT2D eigenvalue weighted by Gasteiger charge is -2.32. The molecule has 1 amide bonds. The van der Waals surface area contributed by atoms with Crippen LogP contribution in [0, 0.1) is 11.3 Å². The van der Waals surface area contributed by atoms with Crippen LogP contribution in [0.25, 0.3) is 0 Å². The summed E-state index contributed by atoms with van der Waals surface area (Å²) >= 11 is 1.87. The Balaban J connectivity index is 1.64. The quantitative estimate of drug-likeness (QED) is 0.856. The Kier molecular flexibility index (Phi) is 3.35. The fourth-order valence-electron chi connectivity index (χ4n) is 3.90. The van der Waals surface area contributed by atoms with Gasteiger partial charge in [-0.3, -0.25) is 9.78 Å². The van der Waals surface area contributed by atoms with Crippen LogP contribution in [-0.4, -0.2) is 39.0 Å². The number of pyridine rings is 1. The van der Waals surface area contributed by atoms with Crippen molar-refractivity contribution >= 4 is 17.7 Å². The predicted molar refractivity (Wildman–Crippen MR) is 84.0 cm³/mol. The summed E-state index contributed by atoms with van der Waals surface area (Å²) in [7, 11) is 0. The van der Waals surface area contributed by atoms with Crippen molar-refractivity contribution in [3.63, 3.8) is 0 Å². The predicted octanol–water partition coefficient (Wildman–Crippen LogP) is 1.81. The molecule has 114 valence electrons. The molecule has 1 N–H and O–H groups in total. The van der Waals surface area contributed by atoms with Crippen molar-refractivity contribution in [2.24, 2.45) is 0 Å². The second-order valence-electron chi connectivity index (χ2n) is 6.24. The highest BCUT2D eigenvalue weighted by Gasteiger charge is 2.56. The summed E-state index contributed by atoms with van der Waals surface area (Å²) in [5, 5.41) is 12.7. The lowest BCUT2D eigenvalue weighted by atomic mass is 9.94. The second-order valence-corrected chi connectivity index (χ2v) is 7.80. The van der Waals surface area contributed by atoms with Gasteiger partial charge >= 0.3 is 0 Å². The summed E-state index contributed by atoms with van der Waals surface area (Å²) in [6.45, 7) is 1.85. The summed E-state index contributed by atoms with van der Waals surface area (Å²) in [6.07, 6.45) is 7.23. The summed E-state index contributed by atoms with van der Waals surface area (Å²) in [5.74, 6) is 0.300. The van der Waals surface area contributed by atoms with Gasteiger partial charge in [-0.15, -0.1) is 11.8 Å². The van der Waals surface area contributed by atoms with Gasteiger partial charge in [0.2, 0.25) is 5.91 Å². The number of carbonyl (C=O) groups is 1. The smallest absolute Gasteiger partial charge is 0.240 e. The molecule has 3 saturated heterocycles. The molecule has 0 unspecified atom stereocenters. The van der Waals surface area contributed by atoms with Crippen molar-refractivity contribution in [1.29, 1.82) is 5.26 Å². The number of piperidine rings is 1. The van der Waals surface area contributed by atoms with E-state index < -0.39 is 0 Å². The summed E-state index contributed by atoms with van der Waals surface area (Å²) in [5.41, 5.74) is 1.57. The first-order valence-corrected chi connectivity index (χ1v) is 8.68. The Morgan fingerprint density at radius 1 is 1.36 bits per heavy atom. The summed E-state index contributed by atoms with van der Waals surface area (Å²) in [4.78, 5) is 19.3. The van der Waals surface area contributed by atoms with Gasteiger partial charge in [-0.1, -0.05) is 0 Å². The van der Waals surface area contributed by atoms with Gasteiger partial charge in [0.15, 0.2) is 0 Å². The molecule has 0 aliphatic carbocycles. The number of fused-ring (bicyclic) bond motifs is 1. The van der Waals surface area contributed by atoms with Crippen molar-refractivity contribution < 1.29 is 4.79 Å². The normalized spacial score (nSPS) is 29.6. The van der Waals surface area contributed by atoms with E-state index in [4.69, 9.17) is 5.26 Å². The van der Waals surface area contributed by atoms with E-state index in [1.807, 2.05) is 17.8 Å². The van der Waals surface area contributed by atoms with E-state index in [-0.39, 0.29) is 10.8 Å². The number of nitrogens with zero attached hydrogens (tertiary/aromatic N) is 3. The number of carbonyl (C=O) groups excluding carboxylic acids is 1. The third-order valence-corrected chi connectivity index (χ3v) is 6.77. The van der Waals surface area contributed by atoms with Crippen LogP contribution in [0.3, 0.4) is 0 Å². The summed E-state index contributed by atoms with van der Waals surface area (Å²) < 4.78 is -0.213. The maximum absolute atomic E-state index is 13.1. The number of nitrogens with one attached hydrogen (secondary N) is 1. The minimum atomic E-state index is -0.213. The Morgan fingerprint density at radius 2 is 2.18 bits per heavy atom. The zero-order chi connectivity index (χ0) is 15.2. The standard InChI is InChI=1S/C16H18N4OS/c17-8-11-7-12(10-19-9-11)13-1-2-14-20(13)15(21)16(22-14)3-5-18-6-4-16/h7,9-10,13-14,18H,1-6H2/t13-,14+/m0/s1. The first-order chi connectivity index (χ1) is 10.7. The molecule has 0 saturated carbocycles. The number of hydrogen-bond donors (Lipinski definition) is 1. The van der Waals surface area contributed by atoms with Crippen LogP contribution in [0.1, 0.15) is 42.9 Å². The van der Waals surface area contributed by atoms with Gasteiger partial charge in [-0.2, -0.15) is 5.26 Å². The number of nitriles is 1. The molecule has 2 atom stereocenters. The Morgan fingerprint density at radius 3 is 2.95 bits per heavy atom. The van der Waals surface area contributed by atoms with Gasteiger partial charge in [-0.05, 0) is 50.4 Å². The number of amides is 1. The molecule has 22 heavy (non-hydrogen) atoms. The van der Waals surface area contributed by atoms with Crippen LogP contribution in [0.2, 0.25) is 0 Å². The van der Waals surface area contributed by atoms with Crippen LogP contribution in [-0.2, 0) is 4.79 Å². The zero-order valence-electron chi connectivity index (χ0n) is 12.3.